The molecule has 0 unspecified atom stereocenters. The maximum atomic E-state index is 11.1. The lowest BCUT2D eigenvalue weighted by atomic mass is 10.2. The Bertz CT molecular complexity index is 585. The van der Waals surface area contributed by atoms with E-state index in [1.807, 2.05) is 17.5 Å². The second-order valence-corrected chi connectivity index (χ2v) is 5.69. The molecule has 1 heterocycles. The second kappa shape index (κ2) is 5.37. The van der Waals surface area contributed by atoms with Gasteiger partial charge in [0, 0.05) is 20.7 Å². The van der Waals surface area contributed by atoms with Crippen LogP contribution in [0.5, 0.6) is 0 Å². The second-order valence-electron chi connectivity index (χ2n) is 3.63. The van der Waals surface area contributed by atoms with Gasteiger partial charge >= 0.3 is 5.97 Å². The number of ketones is 1. The zero-order valence-corrected chi connectivity index (χ0v) is 11.2. The average molecular weight is 278 g/mol. The lowest BCUT2D eigenvalue weighted by molar-refractivity contribution is 0.0701. The molecule has 0 saturated carbocycles. The molecule has 0 saturated heterocycles. The summed E-state index contributed by atoms with van der Waals surface area (Å²) in [5.74, 6) is -0.867. The van der Waals surface area contributed by atoms with E-state index in [1.165, 1.54) is 30.0 Å². The number of hydrogen-bond acceptors (Lipinski definition) is 4. The normalized spacial score (nSPS) is 10.3. The Morgan fingerprint density at radius 2 is 1.83 bits per heavy atom. The van der Waals surface area contributed by atoms with Crippen LogP contribution in [0.25, 0.3) is 0 Å². The first kappa shape index (κ1) is 12.9. The van der Waals surface area contributed by atoms with Crippen LogP contribution in [0.15, 0.2) is 45.5 Å². The Morgan fingerprint density at radius 3 is 2.33 bits per heavy atom. The SMILES string of the molecule is CC(=O)c1ccc(Sc2csc(C(=O)O)c2)cc1. The third-order valence-corrected chi connectivity index (χ3v) is 4.33. The number of benzene rings is 1. The molecule has 5 heteroatoms. The molecule has 0 bridgehead atoms. The fraction of sp³-hybridized carbons (Fsp3) is 0.0769. The van der Waals surface area contributed by atoms with Crippen LogP contribution in [-0.4, -0.2) is 16.9 Å². The highest BCUT2D eigenvalue weighted by Crippen LogP contribution is 2.31. The Kier molecular flexibility index (Phi) is 3.84. The van der Waals surface area contributed by atoms with Crippen LogP contribution in [0, 0.1) is 0 Å². The van der Waals surface area contributed by atoms with Gasteiger partial charge in [-0.25, -0.2) is 4.79 Å². The maximum Gasteiger partial charge on any atom is 0.345 e. The van der Waals surface area contributed by atoms with E-state index >= 15 is 0 Å². The molecular weight excluding hydrogens is 268 g/mol. The predicted octanol–water partition coefficient (Wildman–Crippen LogP) is 3.80. The molecule has 2 rings (SSSR count). The third kappa shape index (κ3) is 3.00. The van der Waals surface area contributed by atoms with Crippen molar-refractivity contribution in [3.05, 3.63) is 46.2 Å². The first-order chi connectivity index (χ1) is 8.56. The van der Waals surface area contributed by atoms with E-state index in [1.54, 1.807) is 18.2 Å². The topological polar surface area (TPSA) is 54.4 Å². The van der Waals surface area contributed by atoms with Crippen LogP contribution < -0.4 is 0 Å². The van der Waals surface area contributed by atoms with Gasteiger partial charge in [0.15, 0.2) is 5.78 Å². The average Bonchev–Trinajstić information content (AvgIpc) is 2.78. The van der Waals surface area contributed by atoms with Crippen LogP contribution in [0.1, 0.15) is 27.0 Å². The van der Waals surface area contributed by atoms with Gasteiger partial charge in [0.05, 0.1) is 0 Å². The summed E-state index contributed by atoms with van der Waals surface area (Å²) < 4.78 is 0. The molecular formula is C13H10O3S2. The van der Waals surface area contributed by atoms with Gasteiger partial charge in [0.2, 0.25) is 0 Å². The van der Waals surface area contributed by atoms with E-state index in [-0.39, 0.29) is 5.78 Å². The molecule has 0 aliphatic carbocycles. The van der Waals surface area contributed by atoms with Crippen LogP contribution in [-0.2, 0) is 0 Å². The van der Waals surface area contributed by atoms with Gasteiger partial charge in [-0.3, -0.25) is 4.79 Å². The highest BCUT2D eigenvalue weighted by Gasteiger charge is 2.08. The lowest BCUT2D eigenvalue weighted by Gasteiger charge is -2.00. The summed E-state index contributed by atoms with van der Waals surface area (Å²) >= 11 is 2.69. The summed E-state index contributed by atoms with van der Waals surface area (Å²) in [6.45, 7) is 1.53. The smallest absolute Gasteiger partial charge is 0.345 e. The first-order valence-corrected chi connectivity index (χ1v) is 6.86. The quantitative estimate of drug-likeness (QED) is 0.864. The molecule has 1 N–H and O–H groups in total. The number of aromatic carboxylic acids is 1. The van der Waals surface area contributed by atoms with Gasteiger partial charge in [-0.1, -0.05) is 23.9 Å². The molecule has 1 aromatic heterocycles. The van der Waals surface area contributed by atoms with Crippen molar-refractivity contribution < 1.29 is 14.7 Å². The van der Waals surface area contributed by atoms with Gasteiger partial charge in [0.25, 0.3) is 0 Å². The molecule has 1 aromatic carbocycles. The van der Waals surface area contributed by atoms with Gasteiger partial charge in [-0.05, 0) is 25.1 Å². The maximum absolute atomic E-state index is 11.1. The monoisotopic (exact) mass is 278 g/mol. The molecule has 92 valence electrons. The molecule has 0 radical (unpaired) electrons. The van der Waals surface area contributed by atoms with E-state index < -0.39 is 5.97 Å². The molecule has 0 aliphatic rings. The van der Waals surface area contributed by atoms with Crippen LogP contribution in [0.4, 0.5) is 0 Å². The standard InChI is InChI=1S/C13H10O3S2/c1-8(14)9-2-4-10(5-3-9)18-11-6-12(13(15)16)17-7-11/h2-7H,1H3,(H,15,16). The molecule has 0 atom stereocenters. The summed E-state index contributed by atoms with van der Waals surface area (Å²) in [5.41, 5.74) is 0.677. The number of rotatable bonds is 4. The Morgan fingerprint density at radius 1 is 1.17 bits per heavy atom. The number of Topliss-reactive ketones (excluding diaryl/α,β-unsaturated/α-hetero) is 1. The minimum Gasteiger partial charge on any atom is -0.477 e. The number of carbonyl (C=O) groups excluding carboxylic acids is 1. The fourth-order valence-corrected chi connectivity index (χ4v) is 3.12. The van der Waals surface area contributed by atoms with E-state index in [2.05, 4.69) is 0 Å². The zero-order valence-electron chi connectivity index (χ0n) is 9.54. The number of hydrogen-bond donors (Lipinski definition) is 1. The van der Waals surface area contributed by atoms with Crippen molar-refractivity contribution in [2.24, 2.45) is 0 Å². The molecule has 0 fully saturated rings. The van der Waals surface area contributed by atoms with Gasteiger partial charge < -0.3 is 5.11 Å². The molecule has 3 nitrogen and oxygen atoms in total. The summed E-state index contributed by atoms with van der Waals surface area (Å²) in [6, 6.07) is 8.92. The van der Waals surface area contributed by atoms with Crippen LogP contribution >= 0.6 is 23.1 Å². The summed E-state index contributed by atoms with van der Waals surface area (Å²) in [7, 11) is 0. The van der Waals surface area contributed by atoms with Crippen molar-refractivity contribution in [1.29, 1.82) is 0 Å². The lowest BCUT2D eigenvalue weighted by Crippen LogP contribution is -1.90. The van der Waals surface area contributed by atoms with E-state index in [9.17, 15) is 9.59 Å². The van der Waals surface area contributed by atoms with Crippen LogP contribution in [0.2, 0.25) is 0 Å². The van der Waals surface area contributed by atoms with E-state index in [0.717, 1.165) is 9.79 Å². The van der Waals surface area contributed by atoms with Crippen molar-refractivity contribution in [2.75, 3.05) is 0 Å². The predicted molar refractivity (Wildman–Crippen MR) is 71.8 cm³/mol. The Labute approximate surface area is 112 Å². The van der Waals surface area contributed by atoms with Gasteiger partial charge in [-0.15, -0.1) is 11.3 Å². The fourth-order valence-electron chi connectivity index (χ4n) is 1.38. The van der Waals surface area contributed by atoms with Crippen LogP contribution in [0.3, 0.4) is 0 Å². The first-order valence-electron chi connectivity index (χ1n) is 5.17. The molecule has 2 aromatic rings. The number of carboxylic acid groups (broad SMARTS) is 1. The van der Waals surface area contributed by atoms with Crippen molar-refractivity contribution >= 4 is 34.9 Å². The highest BCUT2D eigenvalue weighted by molar-refractivity contribution is 7.99. The summed E-state index contributed by atoms with van der Waals surface area (Å²) in [5, 5.41) is 10.6. The minimum atomic E-state index is -0.904. The highest BCUT2D eigenvalue weighted by atomic mass is 32.2. The largest absolute Gasteiger partial charge is 0.477 e. The Balaban J connectivity index is 2.13. The molecule has 0 aliphatic heterocycles. The minimum absolute atomic E-state index is 0.0373. The van der Waals surface area contributed by atoms with E-state index in [4.69, 9.17) is 5.11 Å². The van der Waals surface area contributed by atoms with Gasteiger partial charge in [0.1, 0.15) is 4.88 Å². The number of thiophene rings is 1. The van der Waals surface area contributed by atoms with Crippen molar-refractivity contribution in [3.8, 4) is 0 Å². The van der Waals surface area contributed by atoms with Crippen molar-refractivity contribution in [2.45, 2.75) is 16.7 Å². The van der Waals surface area contributed by atoms with Crippen molar-refractivity contribution in [1.82, 2.24) is 0 Å². The zero-order chi connectivity index (χ0) is 13.1. The molecule has 0 spiro atoms. The Hall–Kier alpha value is -1.59. The molecule has 18 heavy (non-hydrogen) atoms. The molecule has 0 amide bonds. The summed E-state index contributed by atoms with van der Waals surface area (Å²) in [6.07, 6.45) is 0. The third-order valence-electron chi connectivity index (χ3n) is 2.28. The van der Waals surface area contributed by atoms with Gasteiger partial charge in [-0.2, -0.15) is 0 Å². The van der Waals surface area contributed by atoms with E-state index in [0.29, 0.717) is 10.4 Å². The number of carbonyl (C=O) groups is 2. The van der Waals surface area contributed by atoms with Crippen molar-refractivity contribution in [3.63, 3.8) is 0 Å². The summed E-state index contributed by atoms with van der Waals surface area (Å²) in [4.78, 5) is 24.1. The number of carboxylic acids is 1.